The summed E-state index contributed by atoms with van der Waals surface area (Å²) < 4.78 is 1.64. The average Bonchev–Trinajstić information content (AvgIpc) is 2.58. The van der Waals surface area contributed by atoms with Crippen LogP contribution < -0.4 is 0 Å². The standard InChI is InChI=1S/C10H6BrN3S/c11-5-1-2-7-6(3-5)8-9(14-7)10(15)13-4-12-8/h1-4,14H,(H,12,13,15). The molecule has 0 atom stereocenters. The Bertz CT molecular complexity index is 713. The van der Waals surface area contributed by atoms with E-state index in [-0.39, 0.29) is 0 Å². The van der Waals surface area contributed by atoms with E-state index in [0.717, 1.165) is 26.4 Å². The molecule has 0 saturated carbocycles. The normalized spacial score (nSPS) is 11.3. The molecule has 15 heavy (non-hydrogen) atoms. The van der Waals surface area contributed by atoms with Crippen molar-refractivity contribution in [2.24, 2.45) is 0 Å². The molecule has 2 N–H and O–H groups in total. The highest BCUT2D eigenvalue weighted by Crippen LogP contribution is 2.26. The Kier molecular flexibility index (Phi) is 1.90. The van der Waals surface area contributed by atoms with Gasteiger partial charge in [0.05, 0.1) is 11.8 Å². The van der Waals surface area contributed by atoms with Gasteiger partial charge in [-0.25, -0.2) is 4.98 Å². The van der Waals surface area contributed by atoms with Crippen molar-refractivity contribution in [3.8, 4) is 0 Å². The zero-order chi connectivity index (χ0) is 10.4. The third-order valence-electron chi connectivity index (χ3n) is 2.37. The third kappa shape index (κ3) is 1.31. The number of nitrogens with one attached hydrogen (secondary N) is 2. The van der Waals surface area contributed by atoms with Gasteiger partial charge in [0.25, 0.3) is 0 Å². The topological polar surface area (TPSA) is 44.5 Å². The van der Waals surface area contributed by atoms with Crippen LogP contribution in [0.15, 0.2) is 29.0 Å². The van der Waals surface area contributed by atoms with E-state index in [1.54, 1.807) is 6.33 Å². The highest BCUT2D eigenvalue weighted by molar-refractivity contribution is 9.10. The van der Waals surface area contributed by atoms with E-state index in [4.69, 9.17) is 12.2 Å². The van der Waals surface area contributed by atoms with E-state index >= 15 is 0 Å². The van der Waals surface area contributed by atoms with Crippen LogP contribution in [0.1, 0.15) is 0 Å². The van der Waals surface area contributed by atoms with Crippen LogP contribution in [0.2, 0.25) is 0 Å². The van der Waals surface area contributed by atoms with Gasteiger partial charge in [-0.15, -0.1) is 0 Å². The van der Waals surface area contributed by atoms with Crippen molar-refractivity contribution in [1.82, 2.24) is 15.0 Å². The molecule has 2 heterocycles. The number of aromatic nitrogens is 3. The van der Waals surface area contributed by atoms with Crippen molar-refractivity contribution in [2.75, 3.05) is 0 Å². The minimum atomic E-state index is 0.594. The fourth-order valence-corrected chi connectivity index (χ4v) is 2.26. The summed E-state index contributed by atoms with van der Waals surface area (Å²) in [6, 6.07) is 6.07. The minimum Gasteiger partial charge on any atom is -0.351 e. The number of hydrogen-bond acceptors (Lipinski definition) is 2. The first-order valence-electron chi connectivity index (χ1n) is 4.40. The lowest BCUT2D eigenvalue weighted by Crippen LogP contribution is -1.79. The fourth-order valence-electron chi connectivity index (χ4n) is 1.69. The summed E-state index contributed by atoms with van der Waals surface area (Å²) in [7, 11) is 0. The van der Waals surface area contributed by atoms with E-state index in [0.29, 0.717) is 4.64 Å². The van der Waals surface area contributed by atoms with Gasteiger partial charge in [-0.05, 0) is 18.2 Å². The van der Waals surface area contributed by atoms with Crippen molar-refractivity contribution in [1.29, 1.82) is 0 Å². The molecular weight excluding hydrogens is 274 g/mol. The molecule has 0 bridgehead atoms. The zero-order valence-electron chi connectivity index (χ0n) is 7.54. The van der Waals surface area contributed by atoms with Gasteiger partial charge < -0.3 is 9.97 Å². The molecule has 0 radical (unpaired) electrons. The Labute approximate surface area is 98.7 Å². The molecule has 1 aromatic carbocycles. The van der Waals surface area contributed by atoms with Gasteiger partial charge in [-0.3, -0.25) is 0 Å². The van der Waals surface area contributed by atoms with Gasteiger partial charge in [-0.2, -0.15) is 0 Å². The van der Waals surface area contributed by atoms with Crippen LogP contribution in [0, 0.1) is 4.64 Å². The first-order valence-corrected chi connectivity index (χ1v) is 5.60. The second-order valence-electron chi connectivity index (χ2n) is 3.27. The maximum absolute atomic E-state index is 5.15. The Morgan fingerprint density at radius 1 is 1.27 bits per heavy atom. The minimum absolute atomic E-state index is 0.594. The molecule has 0 saturated heterocycles. The summed E-state index contributed by atoms with van der Waals surface area (Å²) in [5.41, 5.74) is 2.95. The molecule has 3 aromatic rings. The Morgan fingerprint density at radius 2 is 2.13 bits per heavy atom. The van der Waals surface area contributed by atoms with Gasteiger partial charge in [0.1, 0.15) is 5.52 Å². The molecule has 0 spiro atoms. The van der Waals surface area contributed by atoms with Crippen LogP contribution >= 0.6 is 28.1 Å². The van der Waals surface area contributed by atoms with E-state index < -0.39 is 0 Å². The van der Waals surface area contributed by atoms with Crippen LogP contribution in [0.25, 0.3) is 21.9 Å². The van der Waals surface area contributed by atoms with E-state index in [1.807, 2.05) is 12.1 Å². The smallest absolute Gasteiger partial charge is 0.153 e. The number of H-pyrrole nitrogens is 2. The molecule has 74 valence electrons. The van der Waals surface area contributed by atoms with Crippen LogP contribution in [0.5, 0.6) is 0 Å². The molecule has 0 aliphatic carbocycles. The lowest BCUT2D eigenvalue weighted by atomic mass is 10.2. The summed E-state index contributed by atoms with van der Waals surface area (Å²) in [4.78, 5) is 10.4. The van der Waals surface area contributed by atoms with Gasteiger partial charge in [0, 0.05) is 15.4 Å². The second-order valence-corrected chi connectivity index (χ2v) is 4.57. The monoisotopic (exact) mass is 279 g/mol. The number of benzene rings is 1. The number of rotatable bonds is 0. The van der Waals surface area contributed by atoms with Crippen molar-refractivity contribution < 1.29 is 0 Å². The van der Waals surface area contributed by atoms with Gasteiger partial charge in [0.15, 0.2) is 4.64 Å². The average molecular weight is 280 g/mol. The summed E-state index contributed by atoms with van der Waals surface area (Å²) in [5, 5.41) is 1.12. The van der Waals surface area contributed by atoms with Crippen LogP contribution in [0.4, 0.5) is 0 Å². The van der Waals surface area contributed by atoms with Gasteiger partial charge in [-0.1, -0.05) is 28.1 Å². The maximum atomic E-state index is 5.15. The molecule has 0 aliphatic heterocycles. The molecule has 0 amide bonds. The maximum Gasteiger partial charge on any atom is 0.153 e. The number of halogens is 1. The Morgan fingerprint density at radius 3 is 3.00 bits per heavy atom. The third-order valence-corrected chi connectivity index (χ3v) is 3.17. The van der Waals surface area contributed by atoms with Crippen LogP contribution in [-0.4, -0.2) is 15.0 Å². The summed E-state index contributed by atoms with van der Waals surface area (Å²) in [6.07, 6.45) is 1.62. The van der Waals surface area contributed by atoms with E-state index in [1.165, 1.54) is 0 Å². The SMILES string of the molecule is S=c1nc[nH]c2c1[nH]c1ccc(Br)cc12. The predicted octanol–water partition coefficient (Wildman–Crippen LogP) is 3.54. The molecule has 0 unspecified atom stereocenters. The molecule has 0 fully saturated rings. The van der Waals surface area contributed by atoms with Crippen molar-refractivity contribution in [3.05, 3.63) is 33.6 Å². The quantitative estimate of drug-likeness (QED) is 0.619. The molecule has 2 aromatic heterocycles. The number of hydrogen-bond donors (Lipinski definition) is 2. The molecule has 3 nitrogen and oxygen atoms in total. The summed E-state index contributed by atoms with van der Waals surface area (Å²) in [6.45, 7) is 0. The molecule has 0 aliphatic rings. The lowest BCUT2D eigenvalue weighted by molar-refractivity contribution is 1.20. The predicted molar refractivity (Wildman–Crippen MR) is 66.5 cm³/mol. The number of aromatic amines is 2. The summed E-state index contributed by atoms with van der Waals surface area (Å²) in [5.74, 6) is 0. The Hall–Kier alpha value is -1.20. The first-order chi connectivity index (χ1) is 7.25. The van der Waals surface area contributed by atoms with Crippen LogP contribution in [-0.2, 0) is 0 Å². The van der Waals surface area contributed by atoms with Gasteiger partial charge in [0.2, 0.25) is 0 Å². The first kappa shape index (κ1) is 9.06. The van der Waals surface area contributed by atoms with Crippen LogP contribution in [0.3, 0.4) is 0 Å². The number of nitrogens with zero attached hydrogens (tertiary/aromatic N) is 1. The van der Waals surface area contributed by atoms with Crippen molar-refractivity contribution >= 4 is 50.1 Å². The highest BCUT2D eigenvalue weighted by Gasteiger charge is 2.05. The van der Waals surface area contributed by atoms with Crippen molar-refractivity contribution in [2.45, 2.75) is 0 Å². The van der Waals surface area contributed by atoms with E-state index in [2.05, 4.69) is 36.9 Å². The molecule has 3 rings (SSSR count). The summed E-state index contributed by atoms with van der Waals surface area (Å²) >= 11 is 8.61. The molecule has 5 heteroatoms. The van der Waals surface area contributed by atoms with Crippen molar-refractivity contribution in [3.63, 3.8) is 0 Å². The zero-order valence-corrected chi connectivity index (χ0v) is 9.95. The highest BCUT2D eigenvalue weighted by atomic mass is 79.9. The van der Waals surface area contributed by atoms with Gasteiger partial charge >= 0.3 is 0 Å². The molecular formula is C10H6BrN3S. The fraction of sp³-hybridized carbons (Fsp3) is 0. The van der Waals surface area contributed by atoms with E-state index in [9.17, 15) is 0 Å². The largest absolute Gasteiger partial charge is 0.351 e. The number of fused-ring (bicyclic) bond motifs is 3. The lowest BCUT2D eigenvalue weighted by Gasteiger charge is -1.91. The Balaban J connectivity index is 2.64. The second kappa shape index (κ2) is 3.15.